The summed E-state index contributed by atoms with van der Waals surface area (Å²) in [5.74, 6) is 0. The molecule has 2 aliphatic carbocycles. The van der Waals surface area contributed by atoms with Crippen molar-refractivity contribution in [3.8, 4) is 0 Å². The van der Waals surface area contributed by atoms with Gasteiger partial charge in [-0.2, -0.15) is 0 Å². The van der Waals surface area contributed by atoms with Gasteiger partial charge in [0.2, 0.25) is 0 Å². The van der Waals surface area contributed by atoms with Gasteiger partial charge in [0, 0.05) is 12.1 Å². The number of hydrogen-bond acceptors (Lipinski definition) is 2. The van der Waals surface area contributed by atoms with Gasteiger partial charge in [0.25, 0.3) is 0 Å². The van der Waals surface area contributed by atoms with Crippen LogP contribution in [0.5, 0.6) is 0 Å². The van der Waals surface area contributed by atoms with Crippen LogP contribution in [0.2, 0.25) is 0 Å². The maximum absolute atomic E-state index is 6.40. The topological polar surface area (TPSA) is 29.3 Å². The Bertz CT molecular complexity index is 187. The number of nitrogens with two attached hydrogens (primary N) is 1. The van der Waals surface area contributed by atoms with Crippen LogP contribution in [0.25, 0.3) is 0 Å². The standard InChI is InChI=1S/C15H30N2/c1-2-15(16)17(13-9-5-3-6-10-13)14-11-7-4-8-12-14/h13-15H,2-12,16H2,1H3. The van der Waals surface area contributed by atoms with E-state index in [1.807, 2.05) is 0 Å². The largest absolute Gasteiger partial charge is 0.316 e. The highest BCUT2D eigenvalue weighted by Crippen LogP contribution is 2.31. The summed E-state index contributed by atoms with van der Waals surface area (Å²) < 4.78 is 0. The first kappa shape index (κ1) is 13.4. The summed E-state index contributed by atoms with van der Waals surface area (Å²) in [5, 5.41) is 0. The molecule has 2 N–H and O–H groups in total. The molecule has 0 heterocycles. The fourth-order valence-corrected chi connectivity index (χ4v) is 3.81. The van der Waals surface area contributed by atoms with Crippen molar-refractivity contribution in [3.63, 3.8) is 0 Å². The first-order valence-corrected chi connectivity index (χ1v) is 7.86. The van der Waals surface area contributed by atoms with Crippen LogP contribution < -0.4 is 5.73 Å². The van der Waals surface area contributed by atoms with E-state index in [-0.39, 0.29) is 0 Å². The zero-order chi connectivity index (χ0) is 12.1. The van der Waals surface area contributed by atoms with Gasteiger partial charge >= 0.3 is 0 Å². The highest BCUT2D eigenvalue weighted by Gasteiger charge is 2.31. The normalized spacial score (nSPS) is 26.3. The quantitative estimate of drug-likeness (QED) is 0.758. The van der Waals surface area contributed by atoms with Crippen molar-refractivity contribution in [2.45, 2.75) is 95.8 Å². The summed E-state index contributed by atoms with van der Waals surface area (Å²) in [6.45, 7) is 2.24. The predicted molar refractivity (Wildman–Crippen MR) is 73.9 cm³/mol. The van der Waals surface area contributed by atoms with Crippen molar-refractivity contribution < 1.29 is 0 Å². The monoisotopic (exact) mass is 238 g/mol. The van der Waals surface area contributed by atoms with E-state index in [0.717, 1.165) is 18.5 Å². The van der Waals surface area contributed by atoms with Gasteiger partial charge in [0.1, 0.15) is 0 Å². The number of hydrogen-bond donors (Lipinski definition) is 1. The molecule has 1 unspecified atom stereocenters. The highest BCUT2D eigenvalue weighted by atomic mass is 15.3. The Morgan fingerprint density at radius 1 is 0.882 bits per heavy atom. The van der Waals surface area contributed by atoms with Crippen molar-refractivity contribution in [2.75, 3.05) is 0 Å². The van der Waals surface area contributed by atoms with Crippen molar-refractivity contribution in [2.24, 2.45) is 5.73 Å². The predicted octanol–water partition coefficient (Wildman–Crippen LogP) is 3.65. The average molecular weight is 238 g/mol. The van der Waals surface area contributed by atoms with Crippen LogP contribution >= 0.6 is 0 Å². The molecule has 100 valence electrons. The van der Waals surface area contributed by atoms with Crippen LogP contribution in [0, 0.1) is 0 Å². The van der Waals surface area contributed by atoms with Crippen LogP contribution in [-0.4, -0.2) is 23.1 Å². The van der Waals surface area contributed by atoms with E-state index in [2.05, 4.69) is 11.8 Å². The highest BCUT2D eigenvalue weighted by molar-refractivity contribution is 4.86. The van der Waals surface area contributed by atoms with Crippen LogP contribution in [0.15, 0.2) is 0 Å². The van der Waals surface area contributed by atoms with E-state index in [1.165, 1.54) is 64.2 Å². The maximum atomic E-state index is 6.40. The van der Waals surface area contributed by atoms with Gasteiger partial charge in [-0.1, -0.05) is 45.4 Å². The molecule has 0 amide bonds. The molecule has 2 rings (SSSR count). The first-order valence-electron chi connectivity index (χ1n) is 7.86. The lowest BCUT2D eigenvalue weighted by atomic mass is 9.88. The molecule has 0 aromatic rings. The Morgan fingerprint density at radius 3 is 1.65 bits per heavy atom. The van der Waals surface area contributed by atoms with Gasteiger partial charge in [-0.15, -0.1) is 0 Å². The fourth-order valence-electron chi connectivity index (χ4n) is 3.81. The minimum absolute atomic E-state index is 0.307. The van der Waals surface area contributed by atoms with Crippen LogP contribution in [0.1, 0.15) is 77.6 Å². The Morgan fingerprint density at radius 2 is 1.29 bits per heavy atom. The van der Waals surface area contributed by atoms with Gasteiger partial charge in [0.15, 0.2) is 0 Å². The summed E-state index contributed by atoms with van der Waals surface area (Å²) in [6.07, 6.45) is 15.5. The van der Waals surface area contributed by atoms with E-state index in [9.17, 15) is 0 Å². The van der Waals surface area contributed by atoms with E-state index < -0.39 is 0 Å². The van der Waals surface area contributed by atoms with Crippen molar-refractivity contribution in [1.82, 2.24) is 4.90 Å². The fraction of sp³-hybridized carbons (Fsp3) is 1.00. The third-order valence-corrected chi connectivity index (χ3v) is 4.79. The van der Waals surface area contributed by atoms with E-state index >= 15 is 0 Å². The van der Waals surface area contributed by atoms with Crippen molar-refractivity contribution in [1.29, 1.82) is 0 Å². The summed E-state index contributed by atoms with van der Waals surface area (Å²) in [7, 11) is 0. The van der Waals surface area contributed by atoms with Crippen molar-refractivity contribution >= 4 is 0 Å². The van der Waals surface area contributed by atoms with Crippen molar-refractivity contribution in [3.05, 3.63) is 0 Å². The van der Waals surface area contributed by atoms with Crippen LogP contribution in [0.3, 0.4) is 0 Å². The second kappa shape index (κ2) is 6.75. The third-order valence-electron chi connectivity index (χ3n) is 4.79. The lowest BCUT2D eigenvalue weighted by Crippen LogP contribution is -2.54. The summed E-state index contributed by atoms with van der Waals surface area (Å²) in [6, 6.07) is 1.59. The molecule has 0 aromatic carbocycles. The molecule has 0 radical (unpaired) electrons. The lowest BCUT2D eigenvalue weighted by Gasteiger charge is -2.44. The molecule has 17 heavy (non-hydrogen) atoms. The molecule has 2 saturated carbocycles. The molecule has 0 aromatic heterocycles. The average Bonchev–Trinajstić information content (AvgIpc) is 2.41. The third kappa shape index (κ3) is 3.45. The minimum atomic E-state index is 0.307. The smallest absolute Gasteiger partial charge is 0.0574 e. The SMILES string of the molecule is CCC(N)N(C1CCCCC1)C1CCCCC1. The van der Waals surface area contributed by atoms with Gasteiger partial charge in [-0.25, -0.2) is 0 Å². The molecule has 0 saturated heterocycles. The zero-order valence-electron chi connectivity index (χ0n) is 11.5. The second-order valence-corrected chi connectivity index (χ2v) is 6.01. The molecule has 2 aliphatic rings. The Kier molecular flexibility index (Phi) is 5.30. The zero-order valence-corrected chi connectivity index (χ0v) is 11.5. The Hall–Kier alpha value is -0.0800. The summed E-state index contributed by atoms with van der Waals surface area (Å²) in [5.41, 5.74) is 6.40. The summed E-state index contributed by atoms with van der Waals surface area (Å²) >= 11 is 0. The molecular formula is C15H30N2. The number of rotatable bonds is 4. The molecule has 2 fully saturated rings. The molecule has 0 bridgehead atoms. The molecule has 2 nitrogen and oxygen atoms in total. The van der Waals surface area contributed by atoms with Crippen LogP contribution in [0.4, 0.5) is 0 Å². The Labute approximate surface area is 107 Å². The van der Waals surface area contributed by atoms with Gasteiger partial charge in [0.05, 0.1) is 6.17 Å². The van der Waals surface area contributed by atoms with Gasteiger partial charge < -0.3 is 5.73 Å². The molecular weight excluding hydrogens is 208 g/mol. The minimum Gasteiger partial charge on any atom is -0.316 e. The van der Waals surface area contributed by atoms with Gasteiger partial charge in [-0.3, -0.25) is 4.90 Å². The second-order valence-electron chi connectivity index (χ2n) is 6.01. The van der Waals surface area contributed by atoms with E-state index in [4.69, 9.17) is 5.73 Å². The Balaban J connectivity index is 2.00. The van der Waals surface area contributed by atoms with Gasteiger partial charge in [-0.05, 0) is 32.1 Å². The van der Waals surface area contributed by atoms with E-state index in [1.54, 1.807) is 0 Å². The lowest BCUT2D eigenvalue weighted by molar-refractivity contribution is 0.0380. The van der Waals surface area contributed by atoms with Crippen LogP contribution in [-0.2, 0) is 0 Å². The molecule has 2 heteroatoms. The summed E-state index contributed by atoms with van der Waals surface area (Å²) in [4.78, 5) is 2.72. The molecule has 1 atom stereocenters. The number of nitrogens with zero attached hydrogens (tertiary/aromatic N) is 1. The molecule has 0 aliphatic heterocycles. The first-order chi connectivity index (χ1) is 8.33. The van der Waals surface area contributed by atoms with E-state index in [0.29, 0.717) is 6.17 Å². The molecule has 0 spiro atoms. The maximum Gasteiger partial charge on any atom is 0.0574 e.